The summed E-state index contributed by atoms with van der Waals surface area (Å²) in [6.45, 7) is 5.41. The van der Waals surface area contributed by atoms with Crippen LogP contribution in [0.25, 0.3) is 22.8 Å². The van der Waals surface area contributed by atoms with Gasteiger partial charge in [0.2, 0.25) is 11.6 Å². The average molecular weight is 427 g/mol. The van der Waals surface area contributed by atoms with Gasteiger partial charge in [-0.3, -0.25) is 5.32 Å². The Morgan fingerprint density at radius 1 is 0.935 bits per heavy atom. The normalized spacial score (nSPS) is 11.0. The monoisotopic (exact) mass is 427 g/mol. The second-order valence-electron chi connectivity index (χ2n) is 7.54. The van der Waals surface area contributed by atoms with Crippen LogP contribution in [-0.4, -0.2) is 43.2 Å². The Morgan fingerprint density at radius 2 is 1.55 bits per heavy atom. The smallest absolute Gasteiger partial charge is 0.412 e. The zero-order valence-corrected chi connectivity index (χ0v) is 18.3. The summed E-state index contributed by atoms with van der Waals surface area (Å²) in [6, 6.07) is 10.5. The van der Waals surface area contributed by atoms with Crippen LogP contribution in [0.3, 0.4) is 0 Å². The molecule has 0 aliphatic heterocycles. The standard InChI is InChI=1S/C22H25N3O6/c1-22(2,3)30-21(26)23-15-9-7-13(8-10-15)20-24-19(25-31-20)14-11-16(27-4)18(29-6)17(12-14)28-5/h7-12H,1-6H3,(H,23,26). The van der Waals surface area contributed by atoms with Crippen LogP contribution in [0, 0.1) is 0 Å². The minimum Gasteiger partial charge on any atom is -0.493 e. The third kappa shape index (κ3) is 5.25. The van der Waals surface area contributed by atoms with Gasteiger partial charge in [-0.15, -0.1) is 0 Å². The van der Waals surface area contributed by atoms with Gasteiger partial charge in [-0.2, -0.15) is 4.98 Å². The third-order valence-corrected chi connectivity index (χ3v) is 4.13. The summed E-state index contributed by atoms with van der Waals surface area (Å²) >= 11 is 0. The van der Waals surface area contributed by atoms with Crippen molar-refractivity contribution in [3.05, 3.63) is 36.4 Å². The highest BCUT2D eigenvalue weighted by Crippen LogP contribution is 2.40. The lowest BCUT2D eigenvalue weighted by Gasteiger charge is -2.19. The fraction of sp³-hybridized carbons (Fsp3) is 0.318. The molecule has 0 atom stereocenters. The van der Waals surface area contributed by atoms with Crippen molar-refractivity contribution in [2.75, 3.05) is 26.6 Å². The van der Waals surface area contributed by atoms with Crippen LogP contribution in [0.2, 0.25) is 0 Å². The first-order valence-corrected chi connectivity index (χ1v) is 9.48. The Balaban J connectivity index is 1.80. The molecular weight excluding hydrogens is 402 g/mol. The average Bonchev–Trinajstić information content (AvgIpc) is 3.22. The van der Waals surface area contributed by atoms with Crippen molar-refractivity contribution < 1.29 is 28.3 Å². The topological polar surface area (TPSA) is 105 Å². The highest BCUT2D eigenvalue weighted by Gasteiger charge is 2.19. The number of benzene rings is 2. The van der Waals surface area contributed by atoms with Crippen LogP contribution in [0.4, 0.5) is 10.5 Å². The third-order valence-electron chi connectivity index (χ3n) is 4.13. The molecule has 1 heterocycles. The molecule has 31 heavy (non-hydrogen) atoms. The summed E-state index contributed by atoms with van der Waals surface area (Å²) in [5.41, 5.74) is 1.35. The number of nitrogens with zero attached hydrogens (tertiary/aromatic N) is 2. The first-order valence-electron chi connectivity index (χ1n) is 9.48. The van der Waals surface area contributed by atoms with E-state index in [9.17, 15) is 4.79 Å². The molecule has 0 radical (unpaired) electrons. The lowest BCUT2D eigenvalue weighted by molar-refractivity contribution is 0.0636. The molecule has 1 aromatic heterocycles. The van der Waals surface area contributed by atoms with Gasteiger partial charge in [-0.05, 0) is 57.2 Å². The SMILES string of the molecule is COc1cc(-c2noc(-c3ccc(NC(=O)OC(C)(C)C)cc3)n2)cc(OC)c1OC. The van der Waals surface area contributed by atoms with Crippen molar-refractivity contribution >= 4 is 11.8 Å². The van der Waals surface area contributed by atoms with Crippen LogP contribution >= 0.6 is 0 Å². The number of methoxy groups -OCH3 is 3. The summed E-state index contributed by atoms with van der Waals surface area (Å²) in [4.78, 5) is 16.3. The van der Waals surface area contributed by atoms with Crippen LogP contribution < -0.4 is 19.5 Å². The van der Waals surface area contributed by atoms with E-state index in [1.165, 1.54) is 21.3 Å². The molecule has 0 saturated heterocycles. The van der Waals surface area contributed by atoms with E-state index in [2.05, 4.69) is 15.5 Å². The van der Waals surface area contributed by atoms with E-state index in [1.807, 2.05) is 0 Å². The molecule has 0 fully saturated rings. The van der Waals surface area contributed by atoms with Crippen LogP contribution in [-0.2, 0) is 4.74 Å². The highest BCUT2D eigenvalue weighted by molar-refractivity contribution is 5.85. The maximum atomic E-state index is 11.9. The quantitative estimate of drug-likeness (QED) is 0.599. The van der Waals surface area contributed by atoms with Gasteiger partial charge < -0.3 is 23.5 Å². The number of rotatable bonds is 6. The summed E-state index contributed by atoms with van der Waals surface area (Å²) in [5, 5.41) is 6.73. The molecule has 164 valence electrons. The van der Waals surface area contributed by atoms with Gasteiger partial charge in [0.05, 0.1) is 21.3 Å². The van der Waals surface area contributed by atoms with Crippen molar-refractivity contribution in [2.24, 2.45) is 0 Å². The molecule has 3 aromatic rings. The Labute approximate surface area is 180 Å². The summed E-state index contributed by atoms with van der Waals surface area (Å²) in [6.07, 6.45) is -0.525. The molecule has 3 rings (SSSR count). The molecule has 0 bridgehead atoms. The Morgan fingerprint density at radius 3 is 2.06 bits per heavy atom. The van der Waals surface area contributed by atoms with Gasteiger partial charge in [0.15, 0.2) is 11.5 Å². The number of carbonyl (C=O) groups excluding carboxylic acids is 1. The first-order chi connectivity index (χ1) is 14.7. The predicted octanol–water partition coefficient (Wildman–Crippen LogP) is 4.78. The largest absolute Gasteiger partial charge is 0.493 e. The molecule has 0 aliphatic carbocycles. The van der Waals surface area contributed by atoms with Gasteiger partial charge >= 0.3 is 6.09 Å². The van der Waals surface area contributed by atoms with E-state index < -0.39 is 11.7 Å². The van der Waals surface area contributed by atoms with Crippen molar-refractivity contribution in [2.45, 2.75) is 26.4 Å². The lowest BCUT2D eigenvalue weighted by atomic mass is 10.1. The number of amides is 1. The molecule has 0 spiro atoms. The van der Waals surface area contributed by atoms with Crippen molar-refractivity contribution in [1.82, 2.24) is 10.1 Å². The molecule has 2 aromatic carbocycles. The number of hydrogen-bond donors (Lipinski definition) is 1. The summed E-state index contributed by atoms with van der Waals surface area (Å²) < 4.78 is 26.7. The number of ether oxygens (including phenoxy) is 4. The van der Waals surface area contributed by atoms with Gasteiger partial charge in [-0.1, -0.05) is 5.16 Å². The van der Waals surface area contributed by atoms with E-state index >= 15 is 0 Å². The maximum Gasteiger partial charge on any atom is 0.412 e. The van der Waals surface area contributed by atoms with Gasteiger partial charge in [0, 0.05) is 16.8 Å². The Bertz CT molecular complexity index is 1030. The number of aromatic nitrogens is 2. The number of carbonyl (C=O) groups is 1. The molecular formula is C22H25N3O6. The van der Waals surface area contributed by atoms with Crippen LogP contribution in [0.5, 0.6) is 17.2 Å². The van der Waals surface area contributed by atoms with Crippen molar-refractivity contribution in [3.8, 4) is 40.1 Å². The Kier molecular flexibility index (Phi) is 6.33. The lowest BCUT2D eigenvalue weighted by Crippen LogP contribution is -2.27. The van der Waals surface area contributed by atoms with Crippen molar-refractivity contribution in [1.29, 1.82) is 0 Å². The summed E-state index contributed by atoms with van der Waals surface area (Å²) in [7, 11) is 4.61. The van der Waals surface area contributed by atoms with E-state index in [4.69, 9.17) is 23.5 Å². The maximum absolute atomic E-state index is 11.9. The van der Waals surface area contributed by atoms with E-state index in [1.54, 1.807) is 57.2 Å². The van der Waals surface area contributed by atoms with Gasteiger partial charge in [-0.25, -0.2) is 4.79 Å². The van der Waals surface area contributed by atoms with E-state index in [0.29, 0.717) is 45.8 Å². The first kappa shape index (κ1) is 21.9. The van der Waals surface area contributed by atoms with E-state index in [0.717, 1.165) is 0 Å². The second-order valence-corrected chi connectivity index (χ2v) is 7.54. The zero-order chi connectivity index (χ0) is 22.6. The predicted molar refractivity (Wildman–Crippen MR) is 115 cm³/mol. The molecule has 1 N–H and O–H groups in total. The van der Waals surface area contributed by atoms with Crippen molar-refractivity contribution in [3.63, 3.8) is 0 Å². The fourth-order valence-electron chi connectivity index (χ4n) is 2.79. The number of hydrogen-bond acceptors (Lipinski definition) is 8. The van der Waals surface area contributed by atoms with Crippen LogP contribution in [0.15, 0.2) is 40.9 Å². The summed E-state index contributed by atoms with van der Waals surface area (Å²) in [5.74, 6) is 2.14. The Hall–Kier alpha value is -3.75. The number of nitrogens with one attached hydrogen (secondary N) is 1. The molecule has 0 saturated carbocycles. The fourth-order valence-corrected chi connectivity index (χ4v) is 2.79. The molecule has 0 unspecified atom stereocenters. The van der Waals surface area contributed by atoms with Gasteiger partial charge in [0.1, 0.15) is 5.60 Å². The minimum absolute atomic E-state index is 0.326. The van der Waals surface area contributed by atoms with E-state index in [-0.39, 0.29) is 0 Å². The zero-order valence-electron chi connectivity index (χ0n) is 18.3. The molecule has 1 amide bonds. The van der Waals surface area contributed by atoms with Crippen LogP contribution in [0.1, 0.15) is 20.8 Å². The molecule has 9 heteroatoms. The molecule has 9 nitrogen and oxygen atoms in total. The second kappa shape index (κ2) is 8.95. The number of anilines is 1. The van der Waals surface area contributed by atoms with Gasteiger partial charge in [0.25, 0.3) is 5.89 Å². The minimum atomic E-state index is -0.572. The highest BCUT2D eigenvalue weighted by atomic mass is 16.6. The molecule has 0 aliphatic rings.